The van der Waals surface area contributed by atoms with Crippen LogP contribution < -0.4 is 0 Å². The van der Waals surface area contributed by atoms with Gasteiger partial charge in [-0.05, 0) is 39.0 Å². The van der Waals surface area contributed by atoms with Gasteiger partial charge in [-0.15, -0.1) is 11.6 Å². The summed E-state index contributed by atoms with van der Waals surface area (Å²) in [4.78, 5) is 9.22. The fourth-order valence-electron chi connectivity index (χ4n) is 2.73. The molecule has 1 saturated carbocycles. The quantitative estimate of drug-likeness (QED) is 0.766. The van der Waals surface area contributed by atoms with Crippen LogP contribution in [0.2, 0.25) is 0 Å². The number of halogens is 1. The Kier molecular flexibility index (Phi) is 4.57. The second kappa shape index (κ2) is 5.98. The Bertz CT molecular complexity index is 403. The van der Waals surface area contributed by atoms with Gasteiger partial charge in [0.25, 0.3) is 0 Å². The fourth-order valence-corrected chi connectivity index (χ4v) is 2.96. The molecule has 1 aromatic rings. The van der Waals surface area contributed by atoms with Crippen LogP contribution in [0.25, 0.3) is 0 Å². The normalized spacial score (nSPS) is 18.2. The minimum Gasteiger partial charge on any atom is -0.367 e. The van der Waals surface area contributed by atoms with Gasteiger partial charge in [-0.2, -0.15) is 0 Å². The van der Waals surface area contributed by atoms with E-state index in [0.29, 0.717) is 12.5 Å². The van der Waals surface area contributed by atoms with E-state index < -0.39 is 0 Å². The van der Waals surface area contributed by atoms with Crippen LogP contribution in [0.15, 0.2) is 6.20 Å². The lowest BCUT2D eigenvalue weighted by atomic mass is 10.0. The van der Waals surface area contributed by atoms with Gasteiger partial charge in [0.15, 0.2) is 5.82 Å². The maximum absolute atomic E-state index is 5.99. The summed E-state index contributed by atoms with van der Waals surface area (Å²) in [6, 6.07) is 0. The summed E-state index contributed by atoms with van der Waals surface area (Å²) in [5.74, 6) is 1.33. The van der Waals surface area contributed by atoms with Gasteiger partial charge in [-0.25, -0.2) is 9.97 Å². The number of hydrogen-bond acceptors (Lipinski definition) is 3. The maximum atomic E-state index is 5.99. The first-order valence-corrected chi connectivity index (χ1v) is 7.34. The monoisotopic (exact) mass is 268 g/mol. The van der Waals surface area contributed by atoms with Crippen LogP contribution in [0.1, 0.15) is 56.6 Å². The second-order valence-corrected chi connectivity index (χ2v) is 5.05. The standard InChI is InChI=1S/C14H21ClN2O/c1-3-12-11(9-15)10-16-13(17-12)14(18-4-2)7-5-6-8-14/h10H,3-9H2,1-2H3. The zero-order chi connectivity index (χ0) is 13.0. The van der Waals surface area contributed by atoms with E-state index in [0.717, 1.165) is 36.3 Å². The minimum absolute atomic E-state index is 0.247. The van der Waals surface area contributed by atoms with Gasteiger partial charge in [0.05, 0.1) is 5.88 Å². The minimum atomic E-state index is -0.247. The Morgan fingerprint density at radius 2 is 2.06 bits per heavy atom. The summed E-state index contributed by atoms with van der Waals surface area (Å²) in [5, 5.41) is 0. The number of nitrogens with zero attached hydrogens (tertiary/aromatic N) is 2. The zero-order valence-electron chi connectivity index (χ0n) is 11.2. The molecule has 0 saturated heterocycles. The molecule has 1 heterocycles. The van der Waals surface area contributed by atoms with Gasteiger partial charge < -0.3 is 4.74 Å². The number of rotatable bonds is 5. The lowest BCUT2D eigenvalue weighted by Gasteiger charge is -2.27. The topological polar surface area (TPSA) is 35.0 Å². The van der Waals surface area contributed by atoms with Crippen LogP contribution >= 0.6 is 11.6 Å². The predicted octanol–water partition coefficient (Wildman–Crippen LogP) is 3.58. The molecule has 0 bridgehead atoms. The van der Waals surface area contributed by atoms with E-state index in [-0.39, 0.29) is 5.60 Å². The molecule has 0 aliphatic heterocycles. The van der Waals surface area contributed by atoms with Crippen LogP contribution in [-0.4, -0.2) is 16.6 Å². The molecular formula is C14H21ClN2O. The lowest BCUT2D eigenvalue weighted by molar-refractivity contribution is -0.0458. The molecule has 0 N–H and O–H groups in total. The van der Waals surface area contributed by atoms with Crippen molar-refractivity contribution in [3.8, 4) is 0 Å². The molecule has 18 heavy (non-hydrogen) atoms. The summed E-state index contributed by atoms with van der Waals surface area (Å²) in [5.41, 5.74) is 1.84. The Balaban J connectivity index is 2.36. The van der Waals surface area contributed by atoms with Crippen LogP contribution in [-0.2, 0) is 22.6 Å². The molecule has 100 valence electrons. The molecule has 0 atom stereocenters. The average Bonchev–Trinajstić information content (AvgIpc) is 2.88. The van der Waals surface area contributed by atoms with Gasteiger partial charge in [-0.1, -0.05) is 6.92 Å². The lowest BCUT2D eigenvalue weighted by Crippen LogP contribution is -2.29. The highest BCUT2D eigenvalue weighted by atomic mass is 35.5. The largest absolute Gasteiger partial charge is 0.367 e. The molecule has 0 aromatic carbocycles. The maximum Gasteiger partial charge on any atom is 0.160 e. The molecule has 1 fully saturated rings. The van der Waals surface area contributed by atoms with Crippen molar-refractivity contribution in [1.82, 2.24) is 9.97 Å². The van der Waals surface area contributed by atoms with Crippen molar-refractivity contribution in [2.45, 2.75) is 57.4 Å². The molecular weight excluding hydrogens is 248 g/mol. The van der Waals surface area contributed by atoms with Crippen molar-refractivity contribution < 1.29 is 4.74 Å². The molecule has 4 heteroatoms. The molecule has 0 spiro atoms. The predicted molar refractivity (Wildman–Crippen MR) is 72.7 cm³/mol. The Hall–Kier alpha value is -0.670. The van der Waals surface area contributed by atoms with Crippen molar-refractivity contribution in [3.05, 3.63) is 23.3 Å². The van der Waals surface area contributed by atoms with E-state index in [4.69, 9.17) is 21.3 Å². The summed E-state index contributed by atoms with van der Waals surface area (Å²) in [6.45, 7) is 4.85. The third-order valence-electron chi connectivity index (χ3n) is 3.67. The van der Waals surface area contributed by atoms with E-state index in [1.54, 1.807) is 0 Å². The Morgan fingerprint density at radius 3 is 2.61 bits per heavy atom. The van der Waals surface area contributed by atoms with Crippen molar-refractivity contribution >= 4 is 11.6 Å². The smallest absolute Gasteiger partial charge is 0.160 e. The Morgan fingerprint density at radius 1 is 1.33 bits per heavy atom. The summed E-state index contributed by atoms with van der Waals surface area (Å²) < 4.78 is 5.99. The third kappa shape index (κ3) is 2.52. The van der Waals surface area contributed by atoms with Gasteiger partial charge in [0.2, 0.25) is 0 Å². The first kappa shape index (κ1) is 13.8. The summed E-state index contributed by atoms with van der Waals surface area (Å²) in [6.07, 6.45) is 7.21. The van der Waals surface area contributed by atoms with E-state index in [1.807, 2.05) is 13.1 Å². The molecule has 0 unspecified atom stereocenters. The number of ether oxygens (including phenoxy) is 1. The SMILES string of the molecule is CCOC1(c2ncc(CCl)c(CC)n2)CCCC1. The van der Waals surface area contributed by atoms with Gasteiger partial charge in [0.1, 0.15) is 5.60 Å². The van der Waals surface area contributed by atoms with Crippen molar-refractivity contribution in [2.24, 2.45) is 0 Å². The first-order valence-electron chi connectivity index (χ1n) is 6.81. The van der Waals surface area contributed by atoms with Crippen LogP contribution in [0.4, 0.5) is 0 Å². The average molecular weight is 269 g/mol. The van der Waals surface area contributed by atoms with Gasteiger partial charge in [0, 0.05) is 24.1 Å². The zero-order valence-corrected chi connectivity index (χ0v) is 12.0. The Labute approximate surface area is 114 Å². The van der Waals surface area contributed by atoms with Gasteiger partial charge in [-0.3, -0.25) is 0 Å². The molecule has 2 rings (SSSR count). The summed E-state index contributed by atoms with van der Waals surface area (Å²) >= 11 is 5.91. The third-order valence-corrected chi connectivity index (χ3v) is 3.96. The molecule has 1 aliphatic rings. The number of hydrogen-bond donors (Lipinski definition) is 0. The highest BCUT2D eigenvalue weighted by Crippen LogP contribution is 2.40. The summed E-state index contributed by atoms with van der Waals surface area (Å²) in [7, 11) is 0. The fraction of sp³-hybridized carbons (Fsp3) is 0.714. The molecule has 0 amide bonds. The molecule has 1 aromatic heterocycles. The highest BCUT2D eigenvalue weighted by molar-refractivity contribution is 6.17. The number of alkyl halides is 1. The van der Waals surface area contributed by atoms with Crippen LogP contribution in [0.5, 0.6) is 0 Å². The van der Waals surface area contributed by atoms with E-state index in [2.05, 4.69) is 11.9 Å². The van der Waals surface area contributed by atoms with Gasteiger partial charge >= 0.3 is 0 Å². The van der Waals surface area contributed by atoms with E-state index >= 15 is 0 Å². The number of aromatic nitrogens is 2. The molecule has 0 radical (unpaired) electrons. The molecule has 1 aliphatic carbocycles. The molecule has 3 nitrogen and oxygen atoms in total. The van der Waals surface area contributed by atoms with E-state index in [9.17, 15) is 0 Å². The van der Waals surface area contributed by atoms with E-state index in [1.165, 1.54) is 12.8 Å². The number of aryl methyl sites for hydroxylation is 1. The van der Waals surface area contributed by atoms with Crippen molar-refractivity contribution in [3.63, 3.8) is 0 Å². The van der Waals surface area contributed by atoms with Crippen molar-refractivity contribution in [1.29, 1.82) is 0 Å². The second-order valence-electron chi connectivity index (χ2n) is 4.79. The van der Waals surface area contributed by atoms with Crippen molar-refractivity contribution in [2.75, 3.05) is 6.61 Å². The van der Waals surface area contributed by atoms with Crippen LogP contribution in [0.3, 0.4) is 0 Å². The highest BCUT2D eigenvalue weighted by Gasteiger charge is 2.39. The first-order chi connectivity index (χ1) is 8.75. The van der Waals surface area contributed by atoms with Crippen LogP contribution in [0, 0.1) is 0 Å².